The highest BCUT2D eigenvalue weighted by molar-refractivity contribution is 5.93. The molecule has 1 aliphatic rings. The van der Waals surface area contributed by atoms with Crippen molar-refractivity contribution in [2.45, 2.75) is 19.3 Å². The fourth-order valence-corrected chi connectivity index (χ4v) is 2.73. The first-order chi connectivity index (χ1) is 11.3. The van der Waals surface area contributed by atoms with Crippen molar-refractivity contribution >= 4 is 17.3 Å². The maximum absolute atomic E-state index is 12.5. The van der Waals surface area contributed by atoms with Crippen LogP contribution in [0.15, 0.2) is 42.6 Å². The van der Waals surface area contributed by atoms with Gasteiger partial charge in [0.2, 0.25) is 0 Å². The Morgan fingerprint density at radius 3 is 2.52 bits per heavy atom. The first-order valence-corrected chi connectivity index (χ1v) is 7.93. The van der Waals surface area contributed by atoms with E-state index in [1.165, 1.54) is 6.42 Å². The molecular formula is C18H21N3O2. The summed E-state index contributed by atoms with van der Waals surface area (Å²) in [6.07, 6.45) is 5.03. The van der Waals surface area contributed by atoms with Gasteiger partial charge in [-0.15, -0.1) is 0 Å². The van der Waals surface area contributed by atoms with E-state index in [9.17, 15) is 4.79 Å². The minimum Gasteiger partial charge on any atom is -0.497 e. The molecule has 1 aromatic heterocycles. The van der Waals surface area contributed by atoms with Crippen LogP contribution in [0.2, 0.25) is 0 Å². The summed E-state index contributed by atoms with van der Waals surface area (Å²) in [5.74, 6) is 0.828. The predicted octanol–water partition coefficient (Wildman–Crippen LogP) is 3.46. The van der Waals surface area contributed by atoms with Crippen molar-refractivity contribution < 1.29 is 9.53 Å². The fraction of sp³-hybridized carbons (Fsp3) is 0.333. The van der Waals surface area contributed by atoms with Crippen molar-refractivity contribution in [1.29, 1.82) is 0 Å². The molecular weight excluding hydrogens is 290 g/mol. The molecule has 1 fully saturated rings. The van der Waals surface area contributed by atoms with Gasteiger partial charge in [0.15, 0.2) is 0 Å². The van der Waals surface area contributed by atoms with Crippen LogP contribution in [0.1, 0.15) is 29.8 Å². The standard InChI is InChI=1S/C18H21N3O2/c1-23-16-7-5-14(6-8-16)20-15-9-10-19-17(13-15)18(22)21-11-3-2-4-12-21/h5-10,13H,2-4,11-12H2,1H3,(H,19,20). The van der Waals surface area contributed by atoms with Crippen LogP contribution in [-0.4, -0.2) is 36.0 Å². The maximum atomic E-state index is 12.5. The predicted molar refractivity (Wildman–Crippen MR) is 90.3 cm³/mol. The van der Waals surface area contributed by atoms with E-state index in [4.69, 9.17) is 4.74 Å². The number of hydrogen-bond acceptors (Lipinski definition) is 4. The Balaban J connectivity index is 1.72. The summed E-state index contributed by atoms with van der Waals surface area (Å²) in [7, 11) is 1.64. The summed E-state index contributed by atoms with van der Waals surface area (Å²) in [5.41, 5.74) is 2.28. The number of aromatic nitrogens is 1. The Morgan fingerprint density at radius 1 is 1.09 bits per heavy atom. The quantitative estimate of drug-likeness (QED) is 0.939. The molecule has 0 saturated carbocycles. The number of hydrogen-bond donors (Lipinski definition) is 1. The Labute approximate surface area is 136 Å². The molecule has 23 heavy (non-hydrogen) atoms. The van der Waals surface area contributed by atoms with Gasteiger partial charge in [0.25, 0.3) is 5.91 Å². The van der Waals surface area contributed by atoms with Crippen LogP contribution in [-0.2, 0) is 0 Å². The molecule has 0 unspecified atom stereocenters. The minimum atomic E-state index is 0.0167. The number of carbonyl (C=O) groups is 1. The highest BCUT2D eigenvalue weighted by Gasteiger charge is 2.19. The second kappa shape index (κ2) is 7.13. The fourth-order valence-electron chi connectivity index (χ4n) is 2.73. The zero-order chi connectivity index (χ0) is 16.1. The lowest BCUT2D eigenvalue weighted by atomic mass is 10.1. The van der Waals surface area contributed by atoms with Gasteiger partial charge in [-0.2, -0.15) is 0 Å². The number of likely N-dealkylation sites (tertiary alicyclic amines) is 1. The van der Waals surface area contributed by atoms with Crippen molar-refractivity contribution in [3.63, 3.8) is 0 Å². The number of piperidine rings is 1. The average molecular weight is 311 g/mol. The molecule has 0 bridgehead atoms. The lowest BCUT2D eigenvalue weighted by molar-refractivity contribution is 0.0718. The molecule has 0 aliphatic carbocycles. The van der Waals surface area contributed by atoms with E-state index in [1.807, 2.05) is 35.2 Å². The second-order valence-corrected chi connectivity index (χ2v) is 5.64. The smallest absolute Gasteiger partial charge is 0.272 e. The van der Waals surface area contributed by atoms with Crippen molar-refractivity contribution in [1.82, 2.24) is 9.88 Å². The third kappa shape index (κ3) is 3.80. The molecule has 2 heterocycles. The molecule has 120 valence electrons. The maximum Gasteiger partial charge on any atom is 0.272 e. The molecule has 5 nitrogen and oxygen atoms in total. The molecule has 1 saturated heterocycles. The lowest BCUT2D eigenvalue weighted by Crippen LogP contribution is -2.36. The SMILES string of the molecule is COc1ccc(Nc2ccnc(C(=O)N3CCCCC3)c2)cc1. The van der Waals surface area contributed by atoms with E-state index in [1.54, 1.807) is 19.4 Å². The third-order valence-corrected chi connectivity index (χ3v) is 4.00. The van der Waals surface area contributed by atoms with E-state index in [0.717, 1.165) is 43.1 Å². The van der Waals surface area contributed by atoms with Crippen molar-refractivity contribution in [3.05, 3.63) is 48.3 Å². The third-order valence-electron chi connectivity index (χ3n) is 4.00. The summed E-state index contributed by atoms with van der Waals surface area (Å²) in [4.78, 5) is 18.6. The number of ether oxygens (including phenoxy) is 1. The van der Waals surface area contributed by atoms with Crippen LogP contribution in [0.4, 0.5) is 11.4 Å². The molecule has 0 spiro atoms. The normalized spacial score (nSPS) is 14.4. The van der Waals surface area contributed by atoms with Crippen LogP contribution >= 0.6 is 0 Å². The van der Waals surface area contributed by atoms with Gasteiger partial charge in [-0.3, -0.25) is 9.78 Å². The van der Waals surface area contributed by atoms with Gasteiger partial charge in [-0.1, -0.05) is 0 Å². The number of rotatable bonds is 4. The molecule has 0 radical (unpaired) electrons. The van der Waals surface area contributed by atoms with Crippen LogP contribution in [0.3, 0.4) is 0 Å². The monoisotopic (exact) mass is 311 g/mol. The minimum absolute atomic E-state index is 0.0167. The van der Waals surface area contributed by atoms with Gasteiger partial charge >= 0.3 is 0 Å². The second-order valence-electron chi connectivity index (χ2n) is 5.64. The van der Waals surface area contributed by atoms with E-state index in [0.29, 0.717) is 5.69 Å². The molecule has 3 rings (SSSR count). The largest absolute Gasteiger partial charge is 0.497 e. The first-order valence-electron chi connectivity index (χ1n) is 7.93. The molecule has 2 aromatic rings. The molecule has 0 atom stereocenters. The average Bonchev–Trinajstić information content (AvgIpc) is 2.63. The van der Waals surface area contributed by atoms with E-state index >= 15 is 0 Å². The highest BCUT2D eigenvalue weighted by atomic mass is 16.5. The Hall–Kier alpha value is -2.56. The van der Waals surface area contributed by atoms with E-state index < -0.39 is 0 Å². The molecule has 1 aliphatic heterocycles. The Bertz CT molecular complexity index is 664. The van der Waals surface area contributed by atoms with Gasteiger partial charge in [-0.05, 0) is 55.7 Å². The molecule has 1 amide bonds. The Morgan fingerprint density at radius 2 is 1.83 bits per heavy atom. The summed E-state index contributed by atoms with van der Waals surface area (Å²) >= 11 is 0. The van der Waals surface area contributed by atoms with Crippen molar-refractivity contribution in [3.8, 4) is 5.75 Å². The number of nitrogens with one attached hydrogen (secondary N) is 1. The summed E-state index contributed by atoms with van der Waals surface area (Å²) < 4.78 is 5.15. The van der Waals surface area contributed by atoms with E-state index in [2.05, 4.69) is 10.3 Å². The molecule has 1 N–H and O–H groups in total. The zero-order valence-electron chi connectivity index (χ0n) is 13.3. The summed E-state index contributed by atoms with van der Waals surface area (Å²) in [6, 6.07) is 11.3. The zero-order valence-corrected chi connectivity index (χ0v) is 13.3. The Kier molecular flexibility index (Phi) is 4.76. The molecule has 1 aromatic carbocycles. The van der Waals surface area contributed by atoms with Gasteiger partial charge < -0.3 is 15.0 Å². The number of pyridine rings is 1. The van der Waals surface area contributed by atoms with Gasteiger partial charge in [0, 0.05) is 30.7 Å². The van der Waals surface area contributed by atoms with Crippen molar-refractivity contribution in [2.75, 3.05) is 25.5 Å². The van der Waals surface area contributed by atoms with Gasteiger partial charge in [-0.25, -0.2) is 0 Å². The van der Waals surface area contributed by atoms with Crippen LogP contribution in [0.25, 0.3) is 0 Å². The van der Waals surface area contributed by atoms with E-state index in [-0.39, 0.29) is 5.91 Å². The number of nitrogens with zero attached hydrogens (tertiary/aromatic N) is 2. The lowest BCUT2D eigenvalue weighted by Gasteiger charge is -2.26. The van der Waals surface area contributed by atoms with Crippen LogP contribution in [0, 0.1) is 0 Å². The van der Waals surface area contributed by atoms with Crippen LogP contribution < -0.4 is 10.1 Å². The number of anilines is 2. The number of carbonyl (C=O) groups excluding carboxylic acids is 1. The van der Waals surface area contributed by atoms with Crippen LogP contribution in [0.5, 0.6) is 5.75 Å². The molecule has 5 heteroatoms. The number of benzene rings is 1. The van der Waals surface area contributed by atoms with Gasteiger partial charge in [0.1, 0.15) is 11.4 Å². The number of methoxy groups -OCH3 is 1. The summed E-state index contributed by atoms with van der Waals surface area (Å²) in [6.45, 7) is 1.66. The number of amides is 1. The van der Waals surface area contributed by atoms with Crippen molar-refractivity contribution in [2.24, 2.45) is 0 Å². The van der Waals surface area contributed by atoms with Gasteiger partial charge in [0.05, 0.1) is 7.11 Å². The highest BCUT2D eigenvalue weighted by Crippen LogP contribution is 2.21. The first kappa shape index (κ1) is 15.3. The topological polar surface area (TPSA) is 54.5 Å². The summed E-state index contributed by atoms with van der Waals surface area (Å²) in [5, 5.41) is 3.29.